The number of rotatable bonds is 13. The number of aromatic nitrogens is 1. The molecule has 216 valence electrons. The molecular weight excluding hydrogens is 539 g/mol. The van der Waals surface area contributed by atoms with Crippen molar-refractivity contribution in [2.24, 2.45) is 0 Å². The van der Waals surface area contributed by atoms with Crippen molar-refractivity contribution in [1.82, 2.24) is 15.6 Å². The maximum Gasteiger partial charge on any atom is 0.405 e. The van der Waals surface area contributed by atoms with Gasteiger partial charge >= 0.3 is 6.18 Å². The molecule has 4 rings (SSSR count). The third-order valence-corrected chi connectivity index (χ3v) is 6.11. The molecule has 41 heavy (non-hydrogen) atoms. The smallest absolute Gasteiger partial charge is 0.405 e. The van der Waals surface area contributed by atoms with E-state index in [1.807, 2.05) is 35.6 Å². The van der Waals surface area contributed by atoms with Crippen LogP contribution in [0.3, 0.4) is 0 Å². The first-order valence-corrected chi connectivity index (χ1v) is 12.9. The van der Waals surface area contributed by atoms with Crippen LogP contribution >= 0.6 is 0 Å². The summed E-state index contributed by atoms with van der Waals surface area (Å²) in [6, 6.07) is 22.3. The summed E-state index contributed by atoms with van der Waals surface area (Å²) < 4.78 is 49.2. The second-order valence-electron chi connectivity index (χ2n) is 9.32. The summed E-state index contributed by atoms with van der Waals surface area (Å²) in [6.45, 7) is -1.22. The van der Waals surface area contributed by atoms with Gasteiger partial charge in [0.1, 0.15) is 36.5 Å². The highest BCUT2D eigenvalue weighted by Crippen LogP contribution is 2.30. The van der Waals surface area contributed by atoms with E-state index in [1.54, 1.807) is 42.5 Å². The highest BCUT2D eigenvalue weighted by Gasteiger charge is 2.28. The lowest BCUT2D eigenvalue weighted by molar-refractivity contribution is -0.123. The number of nitrogens with zero attached hydrogens (tertiary/aromatic N) is 1. The van der Waals surface area contributed by atoms with E-state index in [9.17, 15) is 28.2 Å². The molecule has 4 aromatic rings. The van der Waals surface area contributed by atoms with Crippen LogP contribution in [-0.4, -0.2) is 65.7 Å². The van der Waals surface area contributed by atoms with Gasteiger partial charge < -0.3 is 30.3 Å². The number of hydrogen-bond donors (Lipinski definition) is 4. The van der Waals surface area contributed by atoms with Crippen molar-refractivity contribution in [2.45, 2.75) is 24.7 Å². The van der Waals surface area contributed by atoms with E-state index < -0.39 is 24.7 Å². The number of alkyl halides is 3. The Labute approximate surface area is 234 Å². The minimum absolute atomic E-state index is 0.00633. The zero-order valence-corrected chi connectivity index (χ0v) is 22.0. The molecule has 0 bridgehead atoms. The Kier molecular flexibility index (Phi) is 10.1. The summed E-state index contributed by atoms with van der Waals surface area (Å²) >= 11 is 0. The van der Waals surface area contributed by atoms with E-state index in [0.29, 0.717) is 29.1 Å². The van der Waals surface area contributed by atoms with Crippen LogP contribution in [0.15, 0.2) is 85.1 Å². The highest BCUT2D eigenvalue weighted by molar-refractivity contribution is 6.06. The van der Waals surface area contributed by atoms with E-state index >= 15 is 0 Å². The van der Waals surface area contributed by atoms with Gasteiger partial charge in [0.05, 0.1) is 17.7 Å². The van der Waals surface area contributed by atoms with Gasteiger partial charge in [-0.25, -0.2) is 0 Å². The second kappa shape index (κ2) is 13.9. The minimum atomic E-state index is -4.53. The molecule has 0 aliphatic heterocycles. The molecule has 0 spiro atoms. The minimum Gasteiger partial charge on any atom is -0.491 e. The maximum absolute atomic E-state index is 12.5. The molecule has 0 unspecified atom stereocenters. The lowest BCUT2D eigenvalue weighted by Gasteiger charge is -2.19. The first kappa shape index (κ1) is 29.8. The summed E-state index contributed by atoms with van der Waals surface area (Å²) in [6.07, 6.45) is -3.37. The normalized spacial score (nSPS) is 13.0. The number of hydrogen-bond acceptors (Lipinski definition) is 7. The van der Waals surface area contributed by atoms with Gasteiger partial charge in [-0.2, -0.15) is 13.2 Å². The molecule has 1 heterocycles. The molecule has 0 fully saturated rings. The van der Waals surface area contributed by atoms with E-state index in [-0.39, 0.29) is 36.9 Å². The van der Waals surface area contributed by atoms with Crippen LogP contribution in [0.4, 0.5) is 13.2 Å². The Hall–Kier alpha value is -4.19. The number of para-hydroxylation sites is 2. The first-order valence-electron chi connectivity index (χ1n) is 12.9. The molecule has 0 aliphatic carbocycles. The number of fused-ring (bicyclic) bond motifs is 1. The molecule has 1 aromatic heterocycles. The first-order chi connectivity index (χ1) is 19.7. The third kappa shape index (κ3) is 8.90. The van der Waals surface area contributed by atoms with E-state index in [2.05, 4.69) is 10.3 Å². The summed E-state index contributed by atoms with van der Waals surface area (Å²) in [5.41, 5.74) is 1.14. The molecule has 3 aromatic carbocycles. The molecule has 0 saturated carbocycles. The van der Waals surface area contributed by atoms with Crippen LogP contribution in [0, 0.1) is 0 Å². The lowest BCUT2D eigenvalue weighted by Crippen LogP contribution is -2.41. The van der Waals surface area contributed by atoms with Crippen molar-refractivity contribution < 1.29 is 37.7 Å². The quantitative estimate of drug-likeness (QED) is 0.190. The van der Waals surface area contributed by atoms with Gasteiger partial charge in [0.2, 0.25) is 0 Å². The Bertz CT molecular complexity index is 1420. The Morgan fingerprint density at radius 2 is 1.71 bits per heavy atom. The second-order valence-corrected chi connectivity index (χ2v) is 9.32. The van der Waals surface area contributed by atoms with E-state index in [1.165, 1.54) is 12.3 Å². The predicted octanol–water partition coefficient (Wildman–Crippen LogP) is 4.25. The predicted molar refractivity (Wildman–Crippen MR) is 147 cm³/mol. The monoisotopic (exact) mass is 569 g/mol. The topological polar surface area (TPSA) is 113 Å². The van der Waals surface area contributed by atoms with Crippen LogP contribution < -0.4 is 20.1 Å². The number of amides is 1. The van der Waals surface area contributed by atoms with Gasteiger partial charge in [0.25, 0.3) is 5.91 Å². The zero-order valence-electron chi connectivity index (χ0n) is 22.0. The molecule has 2 atom stereocenters. The van der Waals surface area contributed by atoms with Crippen molar-refractivity contribution in [3.8, 4) is 17.2 Å². The maximum atomic E-state index is 12.5. The van der Waals surface area contributed by atoms with Crippen molar-refractivity contribution in [1.29, 1.82) is 0 Å². The SMILES string of the molecule is O=C(NCC(F)(F)F)c1cccc2c(Oc3ccc(C[C@@H](CO)NC[C@H](O)COc4ccccc4)cc3)ccnc12. The fourth-order valence-corrected chi connectivity index (χ4v) is 4.08. The fraction of sp³-hybridized carbons (Fsp3) is 0.267. The van der Waals surface area contributed by atoms with Crippen LogP contribution in [0.25, 0.3) is 10.9 Å². The summed E-state index contributed by atoms with van der Waals surface area (Å²) in [5, 5.41) is 25.5. The molecule has 0 saturated heterocycles. The number of benzene rings is 3. The van der Waals surface area contributed by atoms with Gasteiger partial charge in [-0.15, -0.1) is 0 Å². The number of halogens is 3. The van der Waals surface area contributed by atoms with Crippen molar-refractivity contribution >= 4 is 16.8 Å². The number of carbonyl (C=O) groups excluding carboxylic acids is 1. The van der Waals surface area contributed by atoms with Crippen LogP contribution in [0.2, 0.25) is 0 Å². The number of nitrogens with one attached hydrogen (secondary N) is 2. The molecule has 8 nitrogen and oxygen atoms in total. The fourth-order valence-electron chi connectivity index (χ4n) is 4.08. The summed E-state index contributed by atoms with van der Waals surface area (Å²) in [5.74, 6) is 0.661. The average Bonchev–Trinajstić information content (AvgIpc) is 2.98. The van der Waals surface area contributed by atoms with Gasteiger partial charge in [0.15, 0.2) is 0 Å². The van der Waals surface area contributed by atoms with Gasteiger partial charge in [-0.1, -0.05) is 36.4 Å². The standard InChI is InChI=1S/C30H30F3N3O5/c31-30(32,33)19-36-29(39)26-8-4-7-25-27(13-14-34-28(25)26)41-24-11-9-20(10-12-24)15-21(17-37)35-16-22(38)18-40-23-5-2-1-3-6-23/h1-14,21-22,35,37-38H,15-19H2,(H,36,39)/t21-,22-/m0/s1. The van der Waals surface area contributed by atoms with Gasteiger partial charge in [0, 0.05) is 24.2 Å². The summed E-state index contributed by atoms with van der Waals surface area (Å²) in [4.78, 5) is 16.5. The third-order valence-electron chi connectivity index (χ3n) is 6.11. The van der Waals surface area contributed by atoms with Gasteiger partial charge in [-0.05, 0) is 54.4 Å². The number of aliphatic hydroxyl groups is 2. The average molecular weight is 570 g/mol. The summed E-state index contributed by atoms with van der Waals surface area (Å²) in [7, 11) is 0. The van der Waals surface area contributed by atoms with E-state index in [0.717, 1.165) is 5.56 Å². The Morgan fingerprint density at radius 3 is 2.41 bits per heavy atom. The van der Waals surface area contributed by atoms with Crippen LogP contribution in [0.5, 0.6) is 17.2 Å². The van der Waals surface area contributed by atoms with Crippen molar-refractivity contribution in [3.63, 3.8) is 0 Å². The van der Waals surface area contributed by atoms with Crippen LogP contribution in [-0.2, 0) is 6.42 Å². The Morgan fingerprint density at radius 1 is 0.951 bits per heavy atom. The molecule has 0 aliphatic rings. The number of aliphatic hydroxyl groups excluding tert-OH is 2. The molecule has 4 N–H and O–H groups in total. The largest absolute Gasteiger partial charge is 0.491 e. The highest BCUT2D eigenvalue weighted by atomic mass is 19.4. The molecule has 0 radical (unpaired) electrons. The number of pyridine rings is 1. The molecule has 11 heteroatoms. The molecule has 1 amide bonds. The van der Waals surface area contributed by atoms with Crippen molar-refractivity contribution in [3.05, 3.63) is 96.2 Å². The van der Waals surface area contributed by atoms with Crippen molar-refractivity contribution in [2.75, 3.05) is 26.3 Å². The number of ether oxygens (including phenoxy) is 2. The van der Waals surface area contributed by atoms with Gasteiger partial charge in [-0.3, -0.25) is 9.78 Å². The molecular formula is C30H30F3N3O5. The lowest BCUT2D eigenvalue weighted by atomic mass is 10.1. The Balaban J connectivity index is 1.34. The van der Waals surface area contributed by atoms with E-state index in [4.69, 9.17) is 9.47 Å². The van der Waals surface area contributed by atoms with Crippen LogP contribution in [0.1, 0.15) is 15.9 Å². The number of carbonyl (C=O) groups is 1. The zero-order chi connectivity index (χ0) is 29.2.